The highest BCUT2D eigenvalue weighted by atomic mass is 35.5. The van der Waals surface area contributed by atoms with Gasteiger partial charge in [0, 0.05) is 29.5 Å². The van der Waals surface area contributed by atoms with Gasteiger partial charge in [0.2, 0.25) is 10.0 Å². The molecule has 2 N–H and O–H groups in total. The molecular weight excluding hydrogens is 390 g/mol. The highest BCUT2D eigenvalue weighted by Gasteiger charge is 2.21. The third-order valence-corrected chi connectivity index (χ3v) is 6.56. The fourth-order valence-corrected chi connectivity index (χ4v) is 4.26. The molecule has 26 heavy (non-hydrogen) atoms. The third-order valence-electron chi connectivity index (χ3n) is 3.89. The maximum absolute atomic E-state index is 12.5. The molecule has 0 aliphatic rings. The van der Waals surface area contributed by atoms with Gasteiger partial charge in [-0.2, -0.15) is 4.31 Å². The molecule has 0 aromatic heterocycles. The monoisotopic (exact) mass is 411 g/mol. The molecule has 0 saturated heterocycles. The van der Waals surface area contributed by atoms with Crippen LogP contribution >= 0.6 is 23.8 Å². The molecule has 0 radical (unpaired) electrons. The summed E-state index contributed by atoms with van der Waals surface area (Å²) in [6, 6.07) is 12.1. The number of aryl methyl sites for hydroxylation is 1. The van der Waals surface area contributed by atoms with Crippen LogP contribution < -0.4 is 10.6 Å². The molecule has 0 atom stereocenters. The fraction of sp³-hybridized carbons (Fsp3) is 0.278. The smallest absolute Gasteiger partial charge is 0.243 e. The van der Waals surface area contributed by atoms with Gasteiger partial charge in [-0.15, -0.1) is 0 Å². The maximum Gasteiger partial charge on any atom is 0.243 e. The molecule has 0 saturated carbocycles. The Kier molecular flexibility index (Phi) is 7.00. The minimum atomic E-state index is -3.46. The van der Waals surface area contributed by atoms with E-state index in [2.05, 4.69) is 10.6 Å². The Morgan fingerprint density at radius 2 is 1.58 bits per heavy atom. The Hall–Kier alpha value is -1.67. The average molecular weight is 412 g/mol. The largest absolute Gasteiger partial charge is 0.332 e. The van der Waals surface area contributed by atoms with Crippen molar-refractivity contribution in [2.45, 2.75) is 25.7 Å². The molecule has 0 spiro atoms. The van der Waals surface area contributed by atoms with Gasteiger partial charge in [0.15, 0.2) is 5.11 Å². The summed E-state index contributed by atoms with van der Waals surface area (Å²) in [5.74, 6) is 0. The lowest BCUT2D eigenvalue weighted by molar-refractivity contribution is 0.445. The first-order valence-electron chi connectivity index (χ1n) is 8.22. The van der Waals surface area contributed by atoms with E-state index in [0.29, 0.717) is 28.9 Å². The number of benzene rings is 2. The predicted molar refractivity (Wildman–Crippen MR) is 113 cm³/mol. The van der Waals surface area contributed by atoms with E-state index in [1.54, 1.807) is 30.3 Å². The molecule has 0 aliphatic carbocycles. The highest BCUT2D eigenvalue weighted by Crippen LogP contribution is 2.21. The van der Waals surface area contributed by atoms with Crippen molar-refractivity contribution in [3.63, 3.8) is 0 Å². The van der Waals surface area contributed by atoms with Crippen LogP contribution in [0.15, 0.2) is 47.4 Å². The van der Waals surface area contributed by atoms with E-state index in [1.165, 1.54) is 4.31 Å². The van der Waals surface area contributed by atoms with E-state index < -0.39 is 10.0 Å². The number of hydrogen-bond acceptors (Lipinski definition) is 3. The van der Waals surface area contributed by atoms with E-state index in [-0.39, 0.29) is 4.90 Å². The van der Waals surface area contributed by atoms with Crippen LogP contribution in [-0.2, 0) is 10.0 Å². The summed E-state index contributed by atoms with van der Waals surface area (Å²) in [6.45, 7) is 6.44. The molecule has 0 bridgehead atoms. The highest BCUT2D eigenvalue weighted by molar-refractivity contribution is 7.89. The molecule has 0 amide bonds. The number of sulfonamides is 1. The summed E-state index contributed by atoms with van der Waals surface area (Å²) in [4.78, 5) is 0.260. The van der Waals surface area contributed by atoms with Crippen LogP contribution in [0, 0.1) is 6.92 Å². The first kappa shape index (κ1) is 20.6. The van der Waals surface area contributed by atoms with Gasteiger partial charge in [0.25, 0.3) is 0 Å². The van der Waals surface area contributed by atoms with Crippen molar-refractivity contribution in [3.05, 3.63) is 53.1 Å². The first-order valence-corrected chi connectivity index (χ1v) is 10.4. The van der Waals surface area contributed by atoms with Crippen LogP contribution in [0.5, 0.6) is 0 Å². The Morgan fingerprint density at radius 1 is 1.04 bits per heavy atom. The Morgan fingerprint density at radius 3 is 2.12 bits per heavy atom. The van der Waals surface area contributed by atoms with Crippen LogP contribution in [0.2, 0.25) is 5.02 Å². The molecule has 0 aliphatic heterocycles. The van der Waals surface area contributed by atoms with Gasteiger partial charge in [0.1, 0.15) is 0 Å². The van der Waals surface area contributed by atoms with E-state index in [0.717, 1.165) is 11.3 Å². The van der Waals surface area contributed by atoms with Crippen molar-refractivity contribution in [1.82, 2.24) is 4.31 Å². The first-order chi connectivity index (χ1) is 12.3. The summed E-state index contributed by atoms with van der Waals surface area (Å²) in [5.41, 5.74) is 2.46. The molecular formula is C18H22ClN3O2S2. The number of nitrogens with zero attached hydrogens (tertiary/aromatic N) is 1. The van der Waals surface area contributed by atoms with Gasteiger partial charge >= 0.3 is 0 Å². The van der Waals surface area contributed by atoms with Crippen LogP contribution in [-0.4, -0.2) is 30.9 Å². The quantitative estimate of drug-likeness (QED) is 0.686. The molecule has 0 unspecified atom stereocenters. The second-order valence-electron chi connectivity index (χ2n) is 5.66. The van der Waals surface area contributed by atoms with Gasteiger partial charge in [-0.05, 0) is 61.1 Å². The van der Waals surface area contributed by atoms with E-state index in [9.17, 15) is 8.42 Å². The van der Waals surface area contributed by atoms with Crippen molar-refractivity contribution in [3.8, 4) is 0 Å². The van der Waals surface area contributed by atoms with E-state index in [4.69, 9.17) is 23.8 Å². The lowest BCUT2D eigenvalue weighted by Gasteiger charge is -2.18. The molecule has 0 fully saturated rings. The standard InChI is InChI=1S/C18H22ClN3O2S2/c1-4-22(5-2)26(23,24)16-10-8-14(9-11-16)20-18(25)21-15-7-6-13(3)17(19)12-15/h6-12H,4-5H2,1-3H3,(H2,20,21,25). The molecule has 2 aromatic carbocycles. The Labute approximate surface area is 165 Å². The minimum absolute atomic E-state index is 0.260. The second-order valence-corrected chi connectivity index (χ2v) is 8.41. The summed E-state index contributed by atoms with van der Waals surface area (Å²) >= 11 is 11.4. The van der Waals surface area contributed by atoms with Gasteiger partial charge < -0.3 is 10.6 Å². The minimum Gasteiger partial charge on any atom is -0.332 e. The third kappa shape index (κ3) is 4.94. The van der Waals surface area contributed by atoms with Gasteiger partial charge in [-0.25, -0.2) is 8.42 Å². The predicted octanol–water partition coefficient (Wildman–Crippen LogP) is 4.49. The molecule has 140 valence electrons. The lowest BCUT2D eigenvalue weighted by atomic mass is 10.2. The van der Waals surface area contributed by atoms with Crippen molar-refractivity contribution >= 4 is 50.3 Å². The molecule has 2 rings (SSSR count). The number of hydrogen-bond donors (Lipinski definition) is 2. The average Bonchev–Trinajstić information content (AvgIpc) is 2.59. The Bertz CT molecular complexity index is 880. The van der Waals surface area contributed by atoms with Crippen LogP contribution in [0.4, 0.5) is 11.4 Å². The molecule has 5 nitrogen and oxygen atoms in total. The van der Waals surface area contributed by atoms with Crippen LogP contribution in [0.25, 0.3) is 0 Å². The summed E-state index contributed by atoms with van der Waals surface area (Å²) in [5, 5.41) is 7.13. The fourth-order valence-electron chi connectivity index (χ4n) is 2.39. The number of halogens is 1. The molecule has 8 heteroatoms. The molecule has 2 aromatic rings. The van der Waals surface area contributed by atoms with Crippen molar-refractivity contribution in [2.24, 2.45) is 0 Å². The number of rotatable bonds is 6. The summed E-state index contributed by atoms with van der Waals surface area (Å²) < 4.78 is 26.4. The number of thiocarbonyl (C=S) groups is 1. The van der Waals surface area contributed by atoms with Crippen LogP contribution in [0.3, 0.4) is 0 Å². The van der Waals surface area contributed by atoms with Crippen molar-refractivity contribution in [2.75, 3.05) is 23.7 Å². The number of anilines is 2. The zero-order chi connectivity index (χ0) is 19.3. The number of nitrogens with one attached hydrogen (secondary N) is 2. The normalized spacial score (nSPS) is 11.4. The Balaban J connectivity index is 2.06. The van der Waals surface area contributed by atoms with E-state index in [1.807, 2.05) is 32.9 Å². The van der Waals surface area contributed by atoms with E-state index >= 15 is 0 Å². The van der Waals surface area contributed by atoms with Gasteiger partial charge in [-0.1, -0.05) is 31.5 Å². The zero-order valence-electron chi connectivity index (χ0n) is 14.9. The van der Waals surface area contributed by atoms with Crippen molar-refractivity contribution < 1.29 is 8.42 Å². The SMILES string of the molecule is CCN(CC)S(=O)(=O)c1ccc(NC(=S)Nc2ccc(C)c(Cl)c2)cc1. The topological polar surface area (TPSA) is 61.4 Å². The van der Waals surface area contributed by atoms with Crippen molar-refractivity contribution in [1.29, 1.82) is 0 Å². The maximum atomic E-state index is 12.5. The second kappa shape index (κ2) is 8.81. The lowest BCUT2D eigenvalue weighted by Crippen LogP contribution is -2.30. The van der Waals surface area contributed by atoms with Gasteiger partial charge in [-0.3, -0.25) is 0 Å². The molecule has 0 heterocycles. The van der Waals surface area contributed by atoms with Gasteiger partial charge in [0.05, 0.1) is 4.90 Å². The zero-order valence-corrected chi connectivity index (χ0v) is 17.3. The van der Waals surface area contributed by atoms with Crippen LogP contribution in [0.1, 0.15) is 19.4 Å². The summed E-state index contributed by atoms with van der Waals surface area (Å²) in [7, 11) is -3.46. The summed E-state index contributed by atoms with van der Waals surface area (Å²) in [6.07, 6.45) is 0.